The van der Waals surface area contributed by atoms with Crippen LogP contribution in [0.15, 0.2) is 24.3 Å². The molecule has 3 heteroatoms. The summed E-state index contributed by atoms with van der Waals surface area (Å²) in [4.78, 5) is 2.23. The Labute approximate surface area is 110 Å². The van der Waals surface area contributed by atoms with Crippen LogP contribution in [0, 0.1) is 5.92 Å². The van der Waals surface area contributed by atoms with E-state index in [0.29, 0.717) is 6.04 Å². The summed E-state index contributed by atoms with van der Waals surface area (Å²) in [6.07, 6.45) is 2.67. The maximum atomic E-state index is 5.76. The van der Waals surface area contributed by atoms with Gasteiger partial charge in [0.15, 0.2) is 0 Å². The highest BCUT2D eigenvalue weighted by Crippen LogP contribution is 2.29. The van der Waals surface area contributed by atoms with Crippen molar-refractivity contribution in [2.24, 2.45) is 5.92 Å². The average molecular weight is 248 g/mol. The van der Waals surface area contributed by atoms with Crippen molar-refractivity contribution in [1.29, 1.82) is 0 Å². The van der Waals surface area contributed by atoms with E-state index in [9.17, 15) is 0 Å². The van der Waals surface area contributed by atoms with Crippen molar-refractivity contribution in [1.82, 2.24) is 10.2 Å². The molecule has 0 spiro atoms. The zero-order valence-corrected chi connectivity index (χ0v) is 11.6. The molecule has 0 saturated heterocycles. The van der Waals surface area contributed by atoms with E-state index in [1.807, 2.05) is 7.05 Å². The van der Waals surface area contributed by atoms with Gasteiger partial charge in [-0.3, -0.25) is 0 Å². The zero-order chi connectivity index (χ0) is 13.0. The predicted molar refractivity (Wildman–Crippen MR) is 75.0 cm³/mol. The van der Waals surface area contributed by atoms with Crippen LogP contribution in [0.5, 0.6) is 5.75 Å². The Morgan fingerprint density at radius 3 is 2.44 bits per heavy atom. The standard InChI is InChI=1S/C15H24N2O/c1-16-10-15(17(2)3)13-6-8-14(9-7-13)18-11-12-4-5-12/h6-9,12,15-16H,4-5,10-11H2,1-3H3. The highest BCUT2D eigenvalue weighted by Gasteiger charge is 2.21. The molecule has 1 N–H and O–H groups in total. The summed E-state index contributed by atoms with van der Waals surface area (Å²) in [7, 11) is 6.21. The molecule has 0 heterocycles. The first-order chi connectivity index (χ1) is 8.70. The summed E-state index contributed by atoms with van der Waals surface area (Å²) in [6.45, 7) is 1.84. The van der Waals surface area contributed by atoms with E-state index in [4.69, 9.17) is 4.74 Å². The van der Waals surface area contributed by atoms with Crippen molar-refractivity contribution in [3.05, 3.63) is 29.8 Å². The van der Waals surface area contributed by atoms with E-state index < -0.39 is 0 Å². The van der Waals surface area contributed by atoms with Gasteiger partial charge in [0.25, 0.3) is 0 Å². The largest absolute Gasteiger partial charge is 0.493 e. The number of nitrogens with one attached hydrogen (secondary N) is 1. The lowest BCUT2D eigenvalue weighted by atomic mass is 10.1. The van der Waals surface area contributed by atoms with Crippen LogP contribution in [0.4, 0.5) is 0 Å². The third-order valence-electron chi connectivity index (χ3n) is 3.47. The molecule has 1 atom stereocenters. The van der Waals surface area contributed by atoms with E-state index in [-0.39, 0.29) is 0 Å². The van der Waals surface area contributed by atoms with Crippen molar-refractivity contribution >= 4 is 0 Å². The first kappa shape index (κ1) is 13.4. The van der Waals surface area contributed by atoms with Gasteiger partial charge in [-0.1, -0.05) is 12.1 Å². The smallest absolute Gasteiger partial charge is 0.119 e. The number of hydrogen-bond acceptors (Lipinski definition) is 3. The van der Waals surface area contributed by atoms with Crippen molar-refractivity contribution in [2.45, 2.75) is 18.9 Å². The van der Waals surface area contributed by atoms with Gasteiger partial charge < -0.3 is 15.0 Å². The van der Waals surface area contributed by atoms with E-state index in [2.05, 4.69) is 48.6 Å². The second-order valence-electron chi connectivity index (χ2n) is 5.36. The lowest BCUT2D eigenvalue weighted by Gasteiger charge is -2.24. The van der Waals surface area contributed by atoms with Gasteiger partial charge in [-0.05, 0) is 57.6 Å². The van der Waals surface area contributed by atoms with Gasteiger partial charge in [-0.2, -0.15) is 0 Å². The molecule has 0 radical (unpaired) electrons. The van der Waals surface area contributed by atoms with E-state index in [0.717, 1.165) is 24.8 Å². The third kappa shape index (κ3) is 3.72. The molecule has 1 aromatic rings. The normalized spacial score (nSPS) is 16.9. The topological polar surface area (TPSA) is 24.5 Å². The Morgan fingerprint density at radius 1 is 1.28 bits per heavy atom. The molecule has 1 unspecified atom stereocenters. The maximum absolute atomic E-state index is 5.76. The van der Waals surface area contributed by atoms with E-state index in [1.54, 1.807) is 0 Å². The molecular formula is C15H24N2O. The minimum atomic E-state index is 0.410. The molecule has 1 aliphatic rings. The van der Waals surface area contributed by atoms with Crippen molar-refractivity contribution < 1.29 is 4.74 Å². The van der Waals surface area contributed by atoms with Crippen LogP contribution >= 0.6 is 0 Å². The average Bonchev–Trinajstić information content (AvgIpc) is 3.18. The Hall–Kier alpha value is -1.06. The second-order valence-corrected chi connectivity index (χ2v) is 5.36. The molecule has 0 bridgehead atoms. The number of hydrogen-bond donors (Lipinski definition) is 1. The molecule has 1 aliphatic carbocycles. The zero-order valence-electron chi connectivity index (χ0n) is 11.6. The van der Waals surface area contributed by atoms with Crippen LogP contribution in [-0.4, -0.2) is 39.2 Å². The van der Waals surface area contributed by atoms with E-state index >= 15 is 0 Å². The van der Waals surface area contributed by atoms with Gasteiger partial charge in [0, 0.05) is 12.6 Å². The second kappa shape index (κ2) is 6.21. The summed E-state index contributed by atoms with van der Waals surface area (Å²) >= 11 is 0. The predicted octanol–water partition coefficient (Wildman–Crippen LogP) is 2.30. The van der Waals surface area contributed by atoms with Gasteiger partial charge in [-0.15, -0.1) is 0 Å². The fraction of sp³-hybridized carbons (Fsp3) is 0.600. The van der Waals surface area contributed by atoms with Gasteiger partial charge in [-0.25, -0.2) is 0 Å². The summed E-state index contributed by atoms with van der Waals surface area (Å²) in [6, 6.07) is 8.93. The third-order valence-corrected chi connectivity index (χ3v) is 3.47. The van der Waals surface area contributed by atoms with Crippen LogP contribution in [0.1, 0.15) is 24.4 Å². The number of nitrogens with zero attached hydrogens (tertiary/aromatic N) is 1. The molecule has 1 saturated carbocycles. The molecule has 0 aliphatic heterocycles. The minimum absolute atomic E-state index is 0.410. The van der Waals surface area contributed by atoms with Crippen LogP contribution in [0.25, 0.3) is 0 Å². The summed E-state index contributed by atoms with van der Waals surface area (Å²) in [5, 5.41) is 3.24. The molecule has 18 heavy (non-hydrogen) atoms. The Kier molecular flexibility index (Phi) is 4.61. The number of ether oxygens (including phenoxy) is 1. The Bertz CT molecular complexity index is 357. The first-order valence-corrected chi connectivity index (χ1v) is 6.74. The number of rotatable bonds is 7. The summed E-state index contributed by atoms with van der Waals surface area (Å²) < 4.78 is 5.76. The molecule has 0 aromatic heterocycles. The van der Waals surface area contributed by atoms with Crippen molar-refractivity contribution in [3.8, 4) is 5.75 Å². The van der Waals surface area contributed by atoms with Gasteiger partial charge in [0.2, 0.25) is 0 Å². The minimum Gasteiger partial charge on any atom is -0.493 e. The number of benzene rings is 1. The van der Waals surface area contributed by atoms with Crippen molar-refractivity contribution in [2.75, 3.05) is 34.3 Å². The summed E-state index contributed by atoms with van der Waals surface area (Å²) in [5.41, 5.74) is 1.33. The maximum Gasteiger partial charge on any atom is 0.119 e. The fourth-order valence-corrected chi connectivity index (χ4v) is 2.08. The fourth-order valence-electron chi connectivity index (χ4n) is 2.08. The van der Waals surface area contributed by atoms with Gasteiger partial charge in [0.05, 0.1) is 6.61 Å². The Balaban J connectivity index is 1.95. The molecule has 100 valence electrons. The first-order valence-electron chi connectivity index (χ1n) is 6.74. The van der Waals surface area contributed by atoms with Crippen LogP contribution < -0.4 is 10.1 Å². The highest BCUT2D eigenvalue weighted by molar-refractivity contribution is 5.29. The molecule has 2 rings (SSSR count). The highest BCUT2D eigenvalue weighted by atomic mass is 16.5. The molecule has 3 nitrogen and oxygen atoms in total. The molecule has 1 fully saturated rings. The van der Waals surface area contributed by atoms with Crippen LogP contribution in [0.3, 0.4) is 0 Å². The van der Waals surface area contributed by atoms with E-state index in [1.165, 1.54) is 18.4 Å². The summed E-state index contributed by atoms with van der Waals surface area (Å²) in [5.74, 6) is 1.80. The molecular weight excluding hydrogens is 224 g/mol. The number of likely N-dealkylation sites (N-methyl/N-ethyl adjacent to an activating group) is 2. The van der Waals surface area contributed by atoms with Crippen LogP contribution in [0.2, 0.25) is 0 Å². The quantitative estimate of drug-likeness (QED) is 0.801. The van der Waals surface area contributed by atoms with Crippen molar-refractivity contribution in [3.63, 3.8) is 0 Å². The lowest BCUT2D eigenvalue weighted by molar-refractivity contribution is 0.290. The molecule has 1 aromatic carbocycles. The van der Waals surface area contributed by atoms with Gasteiger partial charge >= 0.3 is 0 Å². The monoisotopic (exact) mass is 248 g/mol. The molecule has 0 amide bonds. The SMILES string of the molecule is CNCC(c1ccc(OCC2CC2)cc1)N(C)C. The van der Waals surface area contributed by atoms with Crippen LogP contribution in [-0.2, 0) is 0 Å². The lowest BCUT2D eigenvalue weighted by Crippen LogP contribution is -2.29. The Morgan fingerprint density at radius 2 is 1.94 bits per heavy atom. The van der Waals surface area contributed by atoms with Gasteiger partial charge in [0.1, 0.15) is 5.75 Å².